The molecule has 5 N–H and O–H groups in total. The second-order valence-electron chi connectivity index (χ2n) is 9.63. The fraction of sp³-hybridized carbons (Fsp3) is 0.407. The second-order valence-corrected chi connectivity index (χ2v) is 11.3. The van der Waals surface area contributed by atoms with Crippen LogP contribution in [0.15, 0.2) is 46.4 Å². The first-order chi connectivity index (χ1) is 20.5. The van der Waals surface area contributed by atoms with E-state index < -0.39 is 50.0 Å². The molecule has 2 aromatic heterocycles. The van der Waals surface area contributed by atoms with Gasteiger partial charge in [-0.15, -0.1) is 0 Å². The van der Waals surface area contributed by atoms with E-state index in [4.69, 9.17) is 14.0 Å². The molecule has 0 spiro atoms. The normalized spacial score (nSPS) is 19.2. The predicted molar refractivity (Wildman–Crippen MR) is 155 cm³/mol. The quantitative estimate of drug-likeness (QED) is 0.118. The number of aliphatic hydroxyl groups excluding tert-OH is 1. The number of esters is 1. The molecule has 1 aliphatic heterocycles. The van der Waals surface area contributed by atoms with E-state index in [1.165, 1.54) is 25.5 Å². The number of aryl methyl sites for hydroxylation is 1. The van der Waals surface area contributed by atoms with Gasteiger partial charge < -0.3 is 30.1 Å². The van der Waals surface area contributed by atoms with Crippen molar-refractivity contribution in [3.05, 3.63) is 74.6 Å². The summed E-state index contributed by atoms with van der Waals surface area (Å²) in [4.78, 5) is 53.3. The lowest BCUT2D eigenvalue weighted by Crippen LogP contribution is -2.33. The number of ether oxygens (including phenoxy) is 2. The minimum atomic E-state index is -4.29. The summed E-state index contributed by atoms with van der Waals surface area (Å²) in [6.45, 7) is 1.17. The molecule has 3 heterocycles. The number of rotatable bonds is 11. The monoisotopic (exact) mass is 616 g/mol. The van der Waals surface area contributed by atoms with E-state index in [0.717, 1.165) is 25.8 Å². The van der Waals surface area contributed by atoms with Gasteiger partial charge in [0.05, 0.1) is 19.1 Å². The Morgan fingerprint density at radius 1 is 1.26 bits per heavy atom. The van der Waals surface area contributed by atoms with Crippen LogP contribution in [0.25, 0.3) is 0 Å². The summed E-state index contributed by atoms with van der Waals surface area (Å²) in [6.07, 6.45) is 0.727. The van der Waals surface area contributed by atoms with Crippen molar-refractivity contribution >= 4 is 25.1 Å². The highest BCUT2D eigenvalue weighted by molar-refractivity contribution is 7.51. The number of imidazole rings is 1. The van der Waals surface area contributed by atoms with Crippen LogP contribution in [-0.2, 0) is 30.0 Å². The first-order valence-electron chi connectivity index (χ1n) is 13.3. The molecular weight excluding hydrogens is 583 g/mol. The number of aromatic amines is 1. The topological polar surface area (TPSA) is 199 Å². The highest BCUT2D eigenvalue weighted by Gasteiger charge is 2.38. The van der Waals surface area contributed by atoms with Crippen molar-refractivity contribution in [1.82, 2.24) is 18.9 Å². The van der Waals surface area contributed by atoms with E-state index in [-0.39, 0.29) is 37.3 Å². The van der Waals surface area contributed by atoms with Crippen LogP contribution < -0.4 is 21.9 Å². The molecule has 16 heteroatoms. The lowest BCUT2D eigenvalue weighted by atomic mass is 10.2. The van der Waals surface area contributed by atoms with Crippen molar-refractivity contribution in [2.24, 2.45) is 0 Å². The highest BCUT2D eigenvalue weighted by atomic mass is 31.2. The Bertz CT molecular complexity index is 1670. The maximum atomic E-state index is 12.5. The van der Waals surface area contributed by atoms with Gasteiger partial charge in [0.2, 0.25) is 0 Å². The van der Waals surface area contributed by atoms with Crippen molar-refractivity contribution < 1.29 is 33.4 Å². The average Bonchev–Trinajstić information content (AvgIpc) is 3.59. The van der Waals surface area contributed by atoms with E-state index >= 15 is 0 Å². The van der Waals surface area contributed by atoms with Crippen LogP contribution in [0.1, 0.15) is 42.4 Å². The number of H-pyrrole nitrogens is 1. The zero-order valence-electron chi connectivity index (χ0n) is 23.8. The molecule has 4 rings (SSSR count). The third-order valence-corrected chi connectivity index (χ3v) is 8.06. The van der Waals surface area contributed by atoms with Crippen molar-refractivity contribution in [1.29, 1.82) is 0 Å². The zero-order chi connectivity index (χ0) is 31.1. The molecule has 4 atom stereocenters. The molecule has 15 nitrogen and oxygen atoms in total. The number of nitrogens with one attached hydrogen (secondary N) is 3. The maximum Gasteiger partial charge on any atom is 0.437 e. The molecule has 1 aliphatic rings. The number of aromatic nitrogens is 4. The molecular formula is C27H33N6O9P. The van der Waals surface area contributed by atoms with E-state index in [1.54, 1.807) is 14.1 Å². The third kappa shape index (κ3) is 8.01. The third-order valence-electron chi connectivity index (χ3n) is 6.61. The number of hydrogen-bond donors (Lipinski definition) is 5. The van der Waals surface area contributed by atoms with Crippen LogP contribution in [0.3, 0.4) is 0 Å². The molecule has 1 aromatic carbocycles. The van der Waals surface area contributed by atoms with Gasteiger partial charge in [0.25, 0.3) is 5.56 Å². The Morgan fingerprint density at radius 2 is 1.98 bits per heavy atom. The maximum absolute atomic E-state index is 12.5. The fourth-order valence-corrected chi connectivity index (χ4v) is 5.43. The van der Waals surface area contributed by atoms with Crippen molar-refractivity contribution in [2.75, 3.05) is 31.3 Å². The Hall–Kier alpha value is -4.19. The molecule has 0 aliphatic carbocycles. The number of carbonyl (C=O) groups excluding carboxylic acids is 1. The van der Waals surface area contributed by atoms with Crippen LogP contribution >= 0.6 is 7.75 Å². The van der Waals surface area contributed by atoms with Gasteiger partial charge in [-0.1, -0.05) is 11.8 Å². The molecule has 0 saturated carbocycles. The standard InChI is InChI=1S/C27H33N6O9P/c1-17-30-8-9-33(17)43(38,39)41-16-23-22(34)13-24(42-23)32-14-19(26(36)31-27(32)37)6-4-5-7-25(35)40-15-18-10-20(28-2)12-21(11-18)29-3/h8-12,14,22-24,28-29,34H,5,7,13,15-16H2,1-3H3,(H,38,39)(H,31,36,37)/t22-,23-,24-/m1/s1. The van der Waals surface area contributed by atoms with E-state index in [1.807, 2.05) is 18.2 Å². The van der Waals surface area contributed by atoms with Gasteiger partial charge in [-0.25, -0.2) is 18.7 Å². The summed E-state index contributed by atoms with van der Waals surface area (Å²) in [5.41, 5.74) is 0.975. The summed E-state index contributed by atoms with van der Waals surface area (Å²) in [5, 5.41) is 16.5. The van der Waals surface area contributed by atoms with Gasteiger partial charge in [-0.2, -0.15) is 0 Å². The number of hydrogen-bond acceptors (Lipinski definition) is 11. The molecule has 43 heavy (non-hydrogen) atoms. The number of nitrogens with zero attached hydrogens (tertiary/aromatic N) is 3. The fourth-order valence-electron chi connectivity index (χ4n) is 4.32. The molecule has 1 fully saturated rings. The Balaban J connectivity index is 1.33. The zero-order valence-corrected chi connectivity index (χ0v) is 24.7. The van der Waals surface area contributed by atoms with Crippen LogP contribution in [0.2, 0.25) is 0 Å². The summed E-state index contributed by atoms with van der Waals surface area (Å²) in [7, 11) is -0.706. The van der Waals surface area contributed by atoms with Gasteiger partial charge in [-0.05, 0) is 30.7 Å². The molecule has 0 radical (unpaired) electrons. The molecule has 230 valence electrons. The van der Waals surface area contributed by atoms with Gasteiger partial charge in [0.15, 0.2) is 0 Å². The predicted octanol–water partition coefficient (Wildman–Crippen LogP) is 1.31. The summed E-state index contributed by atoms with van der Waals surface area (Å²) >= 11 is 0. The molecule has 1 unspecified atom stereocenters. The van der Waals surface area contributed by atoms with E-state index in [2.05, 4.69) is 32.4 Å². The number of benzene rings is 1. The molecule has 0 amide bonds. The Labute approximate surface area is 246 Å². The number of carbonyl (C=O) groups is 1. The van der Waals surface area contributed by atoms with Gasteiger partial charge >= 0.3 is 19.4 Å². The van der Waals surface area contributed by atoms with Crippen LogP contribution in [-0.4, -0.2) is 67.8 Å². The smallest absolute Gasteiger partial charge is 0.437 e. The lowest BCUT2D eigenvalue weighted by molar-refractivity contribution is -0.144. The SMILES string of the molecule is CNc1cc(COC(=O)CCC#Cc2cn([C@H]3C[C@@H](O)[C@@H](COP(=O)(O)n4ccnc4C)O3)c(=O)[nH]c2=O)cc(NC)c1. The molecule has 1 saturated heterocycles. The first kappa shape index (κ1) is 31.7. The Morgan fingerprint density at radius 3 is 2.63 bits per heavy atom. The number of anilines is 2. The van der Waals surface area contributed by atoms with Crippen LogP contribution in [0.4, 0.5) is 11.4 Å². The van der Waals surface area contributed by atoms with Crippen molar-refractivity contribution in [2.45, 2.75) is 51.2 Å². The minimum Gasteiger partial charge on any atom is -0.461 e. The molecule has 3 aromatic rings. The molecule has 0 bridgehead atoms. The highest BCUT2D eigenvalue weighted by Crippen LogP contribution is 2.45. The van der Waals surface area contributed by atoms with Gasteiger partial charge in [-0.3, -0.25) is 23.7 Å². The largest absolute Gasteiger partial charge is 0.461 e. The van der Waals surface area contributed by atoms with E-state index in [9.17, 15) is 28.9 Å². The number of aliphatic hydroxyl groups is 1. The summed E-state index contributed by atoms with van der Waals surface area (Å²) in [6, 6.07) is 5.65. The van der Waals surface area contributed by atoms with E-state index in [0.29, 0.717) is 0 Å². The summed E-state index contributed by atoms with van der Waals surface area (Å²) in [5.74, 6) is 5.19. The minimum absolute atomic E-state index is 0.0118. The lowest BCUT2D eigenvalue weighted by Gasteiger charge is -2.19. The Kier molecular flexibility index (Phi) is 10.2. The average molecular weight is 617 g/mol. The van der Waals surface area contributed by atoms with Gasteiger partial charge in [0, 0.05) is 56.9 Å². The van der Waals surface area contributed by atoms with Crippen molar-refractivity contribution in [3.8, 4) is 11.8 Å². The van der Waals surface area contributed by atoms with Crippen molar-refractivity contribution in [3.63, 3.8) is 0 Å². The first-order valence-corrected chi connectivity index (χ1v) is 14.8. The summed E-state index contributed by atoms with van der Waals surface area (Å²) < 4.78 is 30.8. The van der Waals surface area contributed by atoms with Crippen LogP contribution in [0.5, 0.6) is 0 Å². The van der Waals surface area contributed by atoms with Gasteiger partial charge in [0.1, 0.15) is 30.3 Å². The van der Waals surface area contributed by atoms with Crippen LogP contribution in [0, 0.1) is 18.8 Å². The second kappa shape index (κ2) is 13.9.